The highest BCUT2D eigenvalue weighted by molar-refractivity contribution is 7.99. The van der Waals surface area contributed by atoms with Gasteiger partial charge >= 0.3 is 0 Å². The number of nitrogens with one attached hydrogen (secondary N) is 1. The van der Waals surface area contributed by atoms with Gasteiger partial charge in [-0.1, -0.05) is 30.8 Å². The zero-order valence-electron chi connectivity index (χ0n) is 13.1. The van der Waals surface area contributed by atoms with Gasteiger partial charge in [0.05, 0.1) is 15.5 Å². The van der Waals surface area contributed by atoms with E-state index in [9.17, 15) is 10.4 Å². The van der Waals surface area contributed by atoms with Crippen LogP contribution in [0.5, 0.6) is 0 Å². The minimum Gasteiger partial charge on any atom is -0.510 e. The van der Waals surface area contributed by atoms with Crippen molar-refractivity contribution in [1.29, 1.82) is 5.26 Å². The molecule has 0 bridgehead atoms. The first kappa shape index (κ1) is 16.5. The molecule has 24 heavy (non-hydrogen) atoms. The van der Waals surface area contributed by atoms with Crippen molar-refractivity contribution >= 4 is 38.9 Å². The molecule has 0 fully saturated rings. The summed E-state index contributed by atoms with van der Waals surface area (Å²) in [6, 6.07) is 9.73. The van der Waals surface area contributed by atoms with Crippen LogP contribution in [-0.2, 0) is 6.42 Å². The van der Waals surface area contributed by atoms with Gasteiger partial charge in [-0.15, -0.1) is 16.4 Å². The Morgan fingerprint density at radius 3 is 2.88 bits per heavy atom. The van der Waals surface area contributed by atoms with Crippen molar-refractivity contribution < 1.29 is 5.11 Å². The first-order valence-electron chi connectivity index (χ1n) is 7.39. The van der Waals surface area contributed by atoms with E-state index in [1.54, 1.807) is 0 Å². The van der Waals surface area contributed by atoms with Crippen molar-refractivity contribution in [2.75, 3.05) is 0 Å². The van der Waals surface area contributed by atoms with E-state index in [0.29, 0.717) is 10.2 Å². The number of fused-ring (bicyclic) bond motifs is 1. The summed E-state index contributed by atoms with van der Waals surface area (Å²) in [5.74, 6) is 0.782. The van der Waals surface area contributed by atoms with Gasteiger partial charge in [0.15, 0.2) is 0 Å². The molecule has 3 aromatic rings. The van der Waals surface area contributed by atoms with E-state index in [1.165, 1.54) is 23.1 Å². The van der Waals surface area contributed by atoms with Crippen molar-refractivity contribution in [3.63, 3.8) is 0 Å². The van der Waals surface area contributed by atoms with Gasteiger partial charge in [0.25, 0.3) is 0 Å². The number of H-pyrrole nitrogens is 1. The number of aryl methyl sites for hydroxylation is 1. The minimum atomic E-state index is -0.354. The molecule has 8 heteroatoms. The summed E-state index contributed by atoms with van der Waals surface area (Å²) >= 11 is 2.69. The second-order valence-electron chi connectivity index (χ2n) is 5.04. The van der Waals surface area contributed by atoms with Crippen LogP contribution in [0, 0.1) is 11.3 Å². The number of benzene rings is 1. The number of thioether (sulfide) groups is 1. The molecule has 0 radical (unpaired) electrons. The molecule has 0 amide bonds. The molecule has 1 aromatic carbocycles. The van der Waals surface area contributed by atoms with Gasteiger partial charge in [0.1, 0.15) is 28.2 Å². The molecule has 3 rings (SSSR count). The molecule has 1 atom stereocenters. The third kappa shape index (κ3) is 3.27. The zero-order valence-corrected chi connectivity index (χ0v) is 14.8. The number of nitriles is 1. The van der Waals surface area contributed by atoms with Crippen LogP contribution in [0.1, 0.15) is 24.7 Å². The largest absolute Gasteiger partial charge is 0.510 e. The summed E-state index contributed by atoms with van der Waals surface area (Å²) < 4.78 is 0.981. The predicted octanol–water partition coefficient (Wildman–Crippen LogP) is 3.95. The zero-order chi connectivity index (χ0) is 17.1. The maximum Gasteiger partial charge on any atom is 0.209 e. The number of thiazole rings is 1. The minimum absolute atomic E-state index is 0.00981. The van der Waals surface area contributed by atoms with Crippen LogP contribution >= 0.6 is 23.1 Å². The van der Waals surface area contributed by atoms with Crippen LogP contribution in [0.3, 0.4) is 0 Å². The maximum absolute atomic E-state index is 10.5. The first-order chi connectivity index (χ1) is 11.6. The molecule has 2 heterocycles. The van der Waals surface area contributed by atoms with Gasteiger partial charge in [0.2, 0.25) is 5.16 Å². The van der Waals surface area contributed by atoms with Gasteiger partial charge in [0, 0.05) is 6.42 Å². The van der Waals surface area contributed by atoms with Gasteiger partial charge in [-0.05, 0) is 19.1 Å². The average Bonchev–Trinajstić information content (AvgIpc) is 3.21. The molecule has 0 aliphatic carbocycles. The van der Waals surface area contributed by atoms with E-state index in [2.05, 4.69) is 26.2 Å². The monoisotopic (exact) mass is 357 g/mol. The summed E-state index contributed by atoms with van der Waals surface area (Å²) in [4.78, 5) is 8.75. The summed E-state index contributed by atoms with van der Waals surface area (Å²) in [7, 11) is 0. The number of allylic oxidation sites excluding steroid dienone is 1. The molecule has 0 aliphatic rings. The quantitative estimate of drug-likeness (QED) is 0.407. The van der Waals surface area contributed by atoms with Gasteiger partial charge in [-0.3, -0.25) is 5.10 Å². The van der Waals surface area contributed by atoms with E-state index >= 15 is 0 Å². The Morgan fingerprint density at radius 2 is 2.21 bits per heavy atom. The van der Waals surface area contributed by atoms with Crippen LogP contribution in [0.25, 0.3) is 15.8 Å². The fourth-order valence-corrected chi connectivity index (χ4v) is 3.88. The number of hydrogen-bond acceptors (Lipinski definition) is 7. The number of aliphatic hydroxyl groups is 1. The molecule has 0 saturated heterocycles. The van der Waals surface area contributed by atoms with Crippen LogP contribution in [0.15, 0.2) is 35.2 Å². The Morgan fingerprint density at radius 1 is 1.42 bits per heavy atom. The standard InChI is InChI=1S/C16H15N5OS2/c1-3-13-19-16(21-20-13)23-9(2)14(22)10(8-17)15-18-11-6-4-5-7-12(11)24-15/h4-7,9,22H,3H2,1-2H3,(H,19,20,21)/b14-10+. The third-order valence-corrected chi connectivity index (χ3v) is 5.41. The Kier molecular flexibility index (Phi) is 4.83. The van der Waals surface area contributed by atoms with Gasteiger partial charge in [-0.25, -0.2) is 9.97 Å². The fraction of sp³-hybridized carbons (Fsp3) is 0.250. The molecule has 1 unspecified atom stereocenters. The third-order valence-electron chi connectivity index (χ3n) is 3.39. The summed E-state index contributed by atoms with van der Waals surface area (Å²) in [6.07, 6.45) is 0.763. The fourth-order valence-electron chi connectivity index (χ4n) is 2.10. The Balaban J connectivity index is 1.90. The van der Waals surface area contributed by atoms with Crippen molar-refractivity contribution in [2.24, 2.45) is 0 Å². The highest BCUT2D eigenvalue weighted by Gasteiger charge is 2.20. The molecular formula is C16H15N5OS2. The van der Waals surface area contributed by atoms with Crippen molar-refractivity contribution in [1.82, 2.24) is 20.2 Å². The smallest absolute Gasteiger partial charge is 0.209 e. The molecule has 2 N–H and O–H groups in total. The van der Waals surface area contributed by atoms with Crippen molar-refractivity contribution in [3.8, 4) is 6.07 Å². The van der Waals surface area contributed by atoms with E-state index in [-0.39, 0.29) is 16.6 Å². The lowest BCUT2D eigenvalue weighted by molar-refractivity contribution is 0.402. The normalized spacial score (nSPS) is 13.5. The number of aromatic amines is 1. The number of hydrogen-bond donors (Lipinski definition) is 2. The number of rotatable bonds is 5. The number of para-hydroxylation sites is 1. The molecule has 6 nitrogen and oxygen atoms in total. The van der Waals surface area contributed by atoms with Crippen molar-refractivity contribution in [2.45, 2.75) is 30.7 Å². The Labute approximate surface area is 147 Å². The number of aliphatic hydroxyl groups excluding tert-OH is 1. The Hall–Kier alpha value is -2.37. The van der Waals surface area contributed by atoms with E-state index in [0.717, 1.165) is 22.5 Å². The summed E-state index contributed by atoms with van der Waals surface area (Å²) in [5.41, 5.74) is 1.02. The summed E-state index contributed by atoms with van der Waals surface area (Å²) in [5, 5.41) is 27.7. The lowest BCUT2D eigenvalue weighted by Crippen LogP contribution is -2.04. The van der Waals surface area contributed by atoms with E-state index < -0.39 is 0 Å². The highest BCUT2D eigenvalue weighted by Crippen LogP contribution is 2.32. The van der Waals surface area contributed by atoms with Gasteiger partial charge in [-0.2, -0.15) is 5.26 Å². The topological polar surface area (TPSA) is 98.5 Å². The molecule has 0 spiro atoms. The van der Waals surface area contributed by atoms with Gasteiger partial charge < -0.3 is 5.11 Å². The maximum atomic E-state index is 10.5. The van der Waals surface area contributed by atoms with Crippen LogP contribution in [-0.4, -0.2) is 30.5 Å². The molecule has 122 valence electrons. The molecule has 0 aliphatic heterocycles. The summed E-state index contributed by atoms with van der Waals surface area (Å²) in [6.45, 7) is 3.79. The lowest BCUT2D eigenvalue weighted by atomic mass is 10.2. The molecular weight excluding hydrogens is 342 g/mol. The van der Waals surface area contributed by atoms with E-state index in [4.69, 9.17) is 0 Å². The highest BCUT2D eigenvalue weighted by atomic mass is 32.2. The van der Waals surface area contributed by atoms with Crippen LogP contribution < -0.4 is 0 Å². The van der Waals surface area contributed by atoms with Crippen molar-refractivity contribution in [3.05, 3.63) is 40.9 Å². The second kappa shape index (κ2) is 7.03. The average molecular weight is 357 g/mol. The van der Waals surface area contributed by atoms with Crippen LogP contribution in [0.4, 0.5) is 0 Å². The number of nitrogens with zero attached hydrogens (tertiary/aromatic N) is 4. The molecule has 2 aromatic heterocycles. The predicted molar refractivity (Wildman–Crippen MR) is 95.9 cm³/mol. The molecule has 0 saturated carbocycles. The number of aromatic nitrogens is 4. The second-order valence-corrected chi connectivity index (χ2v) is 7.38. The lowest BCUT2D eigenvalue weighted by Gasteiger charge is -2.09. The van der Waals surface area contributed by atoms with Crippen LogP contribution in [0.2, 0.25) is 0 Å². The van der Waals surface area contributed by atoms with E-state index in [1.807, 2.05) is 38.1 Å². The first-order valence-corrected chi connectivity index (χ1v) is 9.09. The Bertz CT molecular complexity index is 904. The SMILES string of the molecule is CCc1nc(SC(C)/C(O)=C(/C#N)c2nc3ccccc3s2)n[nH]1.